The van der Waals surface area contributed by atoms with E-state index in [1.807, 2.05) is 20.8 Å². The molecular weight excluding hydrogens is 611 g/mol. The molecule has 3 rings (SSSR count). The molecule has 0 aromatic rings. The Morgan fingerprint density at radius 3 is 2.48 bits per heavy atom. The van der Waals surface area contributed by atoms with Gasteiger partial charge in [-0.3, -0.25) is 0 Å². The second kappa shape index (κ2) is 10.2. The predicted octanol–water partition coefficient (Wildman–Crippen LogP) is 3.26. The fraction of sp³-hybridized carbons (Fsp3) is 0.958. The van der Waals surface area contributed by atoms with E-state index >= 15 is 0 Å². The molecule has 0 aromatic heterocycles. The van der Waals surface area contributed by atoms with E-state index in [0.717, 1.165) is 32.1 Å². The molecular formula is C24H42AcO6. The first-order valence-electron chi connectivity index (χ1n) is 12.1. The van der Waals surface area contributed by atoms with Gasteiger partial charge in [0.15, 0.2) is 5.60 Å². The van der Waals surface area contributed by atoms with Crippen molar-refractivity contribution in [1.82, 2.24) is 0 Å². The van der Waals surface area contributed by atoms with E-state index < -0.39 is 35.3 Å². The average Bonchev–Trinajstić information content (AvgIpc) is 3.22. The second-order valence-electron chi connectivity index (χ2n) is 11.7. The molecule has 0 bridgehead atoms. The van der Waals surface area contributed by atoms with Crippen molar-refractivity contribution in [3.05, 3.63) is 0 Å². The molecule has 0 aromatic carbocycles. The molecule has 2 saturated carbocycles. The number of fused-ring (bicyclic) bond motifs is 1. The van der Waals surface area contributed by atoms with Crippen LogP contribution in [0.1, 0.15) is 80.1 Å². The summed E-state index contributed by atoms with van der Waals surface area (Å²) in [6.07, 6.45) is 4.00. The van der Waals surface area contributed by atoms with Crippen molar-refractivity contribution in [2.24, 2.45) is 34.5 Å². The van der Waals surface area contributed by atoms with E-state index in [1.165, 1.54) is 0 Å². The predicted molar refractivity (Wildman–Crippen MR) is 113 cm³/mol. The summed E-state index contributed by atoms with van der Waals surface area (Å²) in [6.45, 7) is 11.6. The van der Waals surface area contributed by atoms with Crippen LogP contribution in [-0.2, 0) is 14.3 Å². The molecule has 3 aliphatic rings. The second-order valence-corrected chi connectivity index (χ2v) is 11.7. The number of aliphatic hydroxyl groups excluding tert-OH is 3. The van der Waals surface area contributed by atoms with Gasteiger partial charge in [0.2, 0.25) is 7.72 Å². The molecule has 2 aliphatic carbocycles. The van der Waals surface area contributed by atoms with Crippen molar-refractivity contribution in [3.8, 4) is 0 Å². The summed E-state index contributed by atoms with van der Waals surface area (Å²) in [4.78, 5) is 12.6. The van der Waals surface area contributed by atoms with Crippen LogP contribution in [0.2, 0.25) is 0 Å². The molecule has 3 fully saturated rings. The fourth-order valence-corrected chi connectivity index (χ4v) is 6.54. The Morgan fingerprint density at radius 1 is 1.26 bits per heavy atom. The standard InChI is InChI=1S/C24H42O6.Ac/c1-14(16-9-10-17-18(26)8-7-11-23(16,17)5)12-15(13-25)19(27)24(6)20(28)29-21(30-24)22(2,3)4;/h14-19,21,25-27H,7-13H2,1-6H3;/t14-,15-,16-,17?,18+,19?,21-,23-,24-;/m1./s1/i26T;. The van der Waals surface area contributed by atoms with E-state index in [1.54, 1.807) is 6.92 Å². The number of carbonyl (C=O) groups is 1. The Hall–Kier alpha value is 0.752. The van der Waals surface area contributed by atoms with Crippen LogP contribution in [-0.4, -0.2) is 53.4 Å². The van der Waals surface area contributed by atoms with Gasteiger partial charge in [0.05, 0.1) is 12.2 Å². The summed E-state index contributed by atoms with van der Waals surface area (Å²) in [5.41, 5.74) is -1.78. The van der Waals surface area contributed by atoms with Crippen LogP contribution in [0.25, 0.3) is 0 Å². The van der Waals surface area contributed by atoms with Crippen LogP contribution in [0.5, 0.6) is 0 Å². The zero-order valence-corrected chi connectivity index (χ0v) is 24.8. The van der Waals surface area contributed by atoms with Crippen molar-refractivity contribution in [2.75, 3.05) is 6.61 Å². The molecule has 1 heterocycles. The van der Waals surface area contributed by atoms with Crippen LogP contribution in [0, 0.1) is 78.6 Å². The number of ether oxygens (including phenoxy) is 2. The van der Waals surface area contributed by atoms with Crippen LogP contribution in [0.3, 0.4) is 0 Å². The number of cyclic esters (lactones) is 1. The molecule has 1 saturated heterocycles. The van der Waals surface area contributed by atoms with Crippen molar-refractivity contribution in [1.29, 1.82) is 1.43 Å². The molecule has 2 unspecified atom stereocenters. The van der Waals surface area contributed by atoms with Gasteiger partial charge in [-0.2, -0.15) is 0 Å². The molecule has 3 N–H and O–H groups in total. The minimum atomic E-state index is -1.48. The molecule has 1 radical (unpaired) electrons. The van der Waals surface area contributed by atoms with Gasteiger partial charge >= 0.3 is 5.97 Å². The van der Waals surface area contributed by atoms with Crippen molar-refractivity contribution in [2.45, 2.75) is 104 Å². The largest absolute Gasteiger partial charge is 0.433 e. The van der Waals surface area contributed by atoms with Crippen LogP contribution in [0.15, 0.2) is 0 Å². The smallest absolute Gasteiger partial charge is 0.343 e. The van der Waals surface area contributed by atoms with Gasteiger partial charge in [0, 0.05) is 62.0 Å². The Balaban J connectivity index is 0.00000363. The Labute approximate surface area is 224 Å². The van der Waals surface area contributed by atoms with Gasteiger partial charge in [0.25, 0.3) is 0 Å². The van der Waals surface area contributed by atoms with E-state index in [9.17, 15) is 15.0 Å². The normalized spacial score (nSPS) is 41.5. The number of hydrogen-bond donors (Lipinski definition) is 3. The summed E-state index contributed by atoms with van der Waals surface area (Å²) in [5, 5.41) is 26.4. The van der Waals surface area contributed by atoms with Gasteiger partial charge < -0.3 is 24.8 Å². The quantitative estimate of drug-likeness (QED) is 0.365. The molecule has 1 aliphatic heterocycles. The van der Waals surface area contributed by atoms with E-state index in [2.05, 4.69) is 13.8 Å². The Kier molecular flexibility index (Phi) is 8.64. The summed E-state index contributed by atoms with van der Waals surface area (Å²) >= 11 is 0. The molecule has 31 heavy (non-hydrogen) atoms. The molecule has 0 amide bonds. The summed E-state index contributed by atoms with van der Waals surface area (Å²) in [6, 6.07) is 0. The maximum Gasteiger partial charge on any atom is 0.343 e. The molecule has 177 valence electrons. The number of rotatable bonds is 7. The first-order chi connectivity index (χ1) is 14.4. The first-order valence-corrected chi connectivity index (χ1v) is 11.7. The van der Waals surface area contributed by atoms with Crippen molar-refractivity contribution >= 4 is 5.97 Å². The van der Waals surface area contributed by atoms with Crippen molar-refractivity contribution < 1.29 is 73.7 Å². The minimum Gasteiger partial charge on any atom is -0.433 e. The number of hydrogen-bond acceptors (Lipinski definition) is 6. The third kappa shape index (κ3) is 5.22. The monoisotopic (exact) mass is 655 g/mol. The maximum atomic E-state index is 12.6. The first kappa shape index (κ1) is 26.4. The summed E-state index contributed by atoms with van der Waals surface area (Å²) < 4.78 is 18.9. The van der Waals surface area contributed by atoms with Crippen LogP contribution >= 0.6 is 0 Å². The Bertz CT molecular complexity index is 657. The van der Waals surface area contributed by atoms with E-state index in [4.69, 9.17) is 16.0 Å². The van der Waals surface area contributed by atoms with Crippen LogP contribution < -0.4 is 0 Å². The topological polar surface area (TPSA) is 96.2 Å². The van der Waals surface area contributed by atoms with Crippen molar-refractivity contribution in [3.63, 3.8) is 0 Å². The summed E-state index contributed by atoms with van der Waals surface area (Å²) in [7, 11) is 0. The van der Waals surface area contributed by atoms with Gasteiger partial charge in [-0.25, -0.2) is 4.79 Å². The molecule has 7 heteroatoms. The van der Waals surface area contributed by atoms with Crippen LogP contribution in [0.4, 0.5) is 0 Å². The number of esters is 1. The number of carbonyl (C=O) groups excluding carboxylic acids is 1. The fourth-order valence-electron chi connectivity index (χ4n) is 6.54. The van der Waals surface area contributed by atoms with Gasteiger partial charge in [0.1, 0.15) is 0 Å². The zero-order chi connectivity index (χ0) is 23.2. The maximum absolute atomic E-state index is 12.6. The SMILES string of the molecule is [3H]O[C@H]1CCC[C@@]2(C)C1CC[C@@H]2[C@H](C)C[C@H](CO)C(O)[C@@]1(C)O[C@H](C(C)(C)C)OC1=O.[Ac]. The van der Waals surface area contributed by atoms with E-state index in [0.29, 0.717) is 18.3 Å². The summed E-state index contributed by atoms with van der Waals surface area (Å²) in [5.74, 6) is 0.0262. The number of aliphatic hydroxyl groups is 3. The van der Waals surface area contributed by atoms with Gasteiger partial charge in [-0.15, -0.1) is 0 Å². The molecule has 0 spiro atoms. The third-order valence-electron chi connectivity index (χ3n) is 8.42. The third-order valence-corrected chi connectivity index (χ3v) is 8.42. The minimum absolute atomic E-state index is 0. The van der Waals surface area contributed by atoms with E-state index in [-0.39, 0.29) is 68.1 Å². The molecule has 9 atom stereocenters. The Morgan fingerprint density at radius 2 is 1.94 bits per heavy atom. The van der Waals surface area contributed by atoms with Gasteiger partial charge in [-0.1, -0.05) is 41.0 Å². The van der Waals surface area contributed by atoms with Gasteiger partial charge in [-0.05, 0) is 62.2 Å². The zero-order valence-electron chi connectivity index (χ0n) is 21.1. The average molecular weight is 656 g/mol. The molecule has 6 nitrogen and oxygen atoms in total.